The number of hydrogen-bond acceptors (Lipinski definition) is 4. The van der Waals surface area contributed by atoms with Gasteiger partial charge in [-0.2, -0.15) is 0 Å². The van der Waals surface area contributed by atoms with Crippen LogP contribution in [0.2, 0.25) is 0 Å². The van der Waals surface area contributed by atoms with Gasteiger partial charge in [-0.05, 0) is 29.9 Å². The van der Waals surface area contributed by atoms with E-state index in [1.807, 2.05) is 48.5 Å². The van der Waals surface area contributed by atoms with Crippen molar-refractivity contribution in [3.8, 4) is 0 Å². The molecule has 2 aromatic rings. The van der Waals surface area contributed by atoms with Crippen LogP contribution in [0.25, 0.3) is 0 Å². The van der Waals surface area contributed by atoms with Crippen molar-refractivity contribution in [1.29, 1.82) is 0 Å². The van der Waals surface area contributed by atoms with Crippen molar-refractivity contribution in [2.45, 2.75) is 57.4 Å². The van der Waals surface area contributed by atoms with Crippen molar-refractivity contribution in [2.75, 3.05) is 6.61 Å². The zero-order chi connectivity index (χ0) is 20.5. The molecule has 1 aliphatic heterocycles. The van der Waals surface area contributed by atoms with E-state index in [-0.39, 0.29) is 12.2 Å². The first-order valence-electron chi connectivity index (χ1n) is 10.4. The van der Waals surface area contributed by atoms with E-state index in [2.05, 4.69) is 25.6 Å². The first-order chi connectivity index (χ1) is 14.2. The van der Waals surface area contributed by atoms with Crippen LogP contribution in [0.3, 0.4) is 0 Å². The van der Waals surface area contributed by atoms with Crippen molar-refractivity contribution in [2.24, 2.45) is 5.92 Å². The summed E-state index contributed by atoms with van der Waals surface area (Å²) in [5.41, 5.74) is 2.24. The van der Waals surface area contributed by atoms with Gasteiger partial charge in [0.2, 0.25) is 0 Å². The third-order valence-electron chi connectivity index (χ3n) is 5.48. The van der Waals surface area contributed by atoms with Gasteiger partial charge in [-0.25, -0.2) is 0 Å². The predicted molar refractivity (Wildman–Crippen MR) is 114 cm³/mol. The van der Waals surface area contributed by atoms with Crippen molar-refractivity contribution in [3.05, 3.63) is 84.4 Å². The molecule has 0 radical (unpaired) electrons. The van der Waals surface area contributed by atoms with Crippen LogP contribution in [-0.4, -0.2) is 36.1 Å². The van der Waals surface area contributed by atoms with E-state index in [1.165, 1.54) is 5.56 Å². The van der Waals surface area contributed by atoms with Gasteiger partial charge in [0.05, 0.1) is 25.4 Å². The maximum Gasteiger partial charge on any atom is 0.110 e. The molecule has 156 valence electrons. The maximum atomic E-state index is 10.8. The molecule has 0 aliphatic carbocycles. The molecule has 4 nitrogen and oxygen atoms in total. The zero-order valence-electron chi connectivity index (χ0n) is 17.2. The van der Waals surface area contributed by atoms with Crippen molar-refractivity contribution in [1.82, 2.24) is 0 Å². The lowest BCUT2D eigenvalue weighted by Gasteiger charge is -2.25. The van der Waals surface area contributed by atoms with E-state index in [9.17, 15) is 5.11 Å². The molecule has 0 unspecified atom stereocenters. The molecule has 1 saturated heterocycles. The van der Waals surface area contributed by atoms with Gasteiger partial charge in [-0.3, -0.25) is 0 Å². The Kier molecular flexibility index (Phi) is 8.44. The molecule has 0 saturated carbocycles. The van der Waals surface area contributed by atoms with Crippen LogP contribution in [0.5, 0.6) is 0 Å². The molecular weight excluding hydrogens is 364 g/mol. The van der Waals surface area contributed by atoms with Crippen LogP contribution >= 0.6 is 0 Å². The van der Waals surface area contributed by atoms with Crippen molar-refractivity contribution < 1.29 is 19.3 Å². The van der Waals surface area contributed by atoms with Crippen LogP contribution in [0.4, 0.5) is 0 Å². The molecule has 0 bridgehead atoms. The first kappa shape index (κ1) is 21.7. The molecule has 0 spiro atoms. The second kappa shape index (κ2) is 11.3. The highest BCUT2D eigenvalue weighted by molar-refractivity contribution is 5.14. The maximum absolute atomic E-state index is 10.8. The fourth-order valence-electron chi connectivity index (χ4n) is 3.75. The van der Waals surface area contributed by atoms with Gasteiger partial charge in [0.1, 0.15) is 12.2 Å². The summed E-state index contributed by atoms with van der Waals surface area (Å²) in [6.07, 6.45) is 1.95. The normalized spacial score (nSPS) is 23.6. The lowest BCUT2D eigenvalue weighted by molar-refractivity contribution is -0.0996. The molecule has 1 fully saturated rings. The summed E-state index contributed by atoms with van der Waals surface area (Å²) in [6, 6.07) is 20.1. The highest BCUT2D eigenvalue weighted by Crippen LogP contribution is 2.31. The number of aliphatic hydroxyl groups is 1. The van der Waals surface area contributed by atoms with Gasteiger partial charge in [0.15, 0.2) is 0 Å². The Morgan fingerprint density at radius 1 is 1.07 bits per heavy atom. The average Bonchev–Trinajstić information content (AvgIpc) is 3.13. The van der Waals surface area contributed by atoms with Crippen LogP contribution in [-0.2, 0) is 27.4 Å². The third-order valence-corrected chi connectivity index (χ3v) is 5.48. The molecule has 3 rings (SSSR count). The Morgan fingerprint density at radius 2 is 1.69 bits per heavy atom. The molecule has 5 atom stereocenters. The smallest absolute Gasteiger partial charge is 0.110 e. The Labute approximate surface area is 174 Å². The molecule has 2 aromatic carbocycles. The summed E-state index contributed by atoms with van der Waals surface area (Å²) in [6.45, 7) is 7.69. The van der Waals surface area contributed by atoms with Gasteiger partial charge in [-0.15, -0.1) is 6.58 Å². The van der Waals surface area contributed by atoms with Crippen LogP contribution in [0.1, 0.15) is 30.9 Å². The van der Waals surface area contributed by atoms with E-state index in [1.54, 1.807) is 6.08 Å². The minimum atomic E-state index is -0.728. The largest absolute Gasteiger partial charge is 0.387 e. The van der Waals surface area contributed by atoms with Gasteiger partial charge >= 0.3 is 0 Å². The standard InChI is InChI=1S/C25H32O4/c1-3-22(28-18-21-12-8-5-9-13-21)25(26)24-16-19(2)23(29-24)14-15-27-17-20-10-6-4-7-11-20/h3-13,19,22-26H,1,14-18H2,2H3/t19-,22-,23+,24-,25-/m1/s1. The minimum Gasteiger partial charge on any atom is -0.387 e. The topological polar surface area (TPSA) is 47.9 Å². The van der Waals surface area contributed by atoms with Crippen molar-refractivity contribution >= 4 is 0 Å². The Hall–Kier alpha value is -1.98. The first-order valence-corrected chi connectivity index (χ1v) is 10.4. The second-order valence-electron chi connectivity index (χ2n) is 7.74. The number of hydrogen-bond donors (Lipinski definition) is 1. The Balaban J connectivity index is 1.42. The Morgan fingerprint density at radius 3 is 2.31 bits per heavy atom. The van der Waals surface area contributed by atoms with E-state index < -0.39 is 12.2 Å². The minimum absolute atomic E-state index is 0.0880. The lowest BCUT2D eigenvalue weighted by atomic mass is 9.96. The highest BCUT2D eigenvalue weighted by atomic mass is 16.5. The summed E-state index contributed by atoms with van der Waals surface area (Å²) in [5.74, 6) is 0.370. The quantitative estimate of drug-likeness (QED) is 0.448. The molecule has 4 heteroatoms. The summed E-state index contributed by atoms with van der Waals surface area (Å²) >= 11 is 0. The average molecular weight is 397 g/mol. The molecule has 29 heavy (non-hydrogen) atoms. The molecule has 0 amide bonds. The molecule has 1 N–H and O–H groups in total. The SMILES string of the molecule is C=C[C@@H](OCc1ccccc1)[C@@H](O)[C@H]1C[C@@H](C)[C@H](CCOCc2ccccc2)O1. The second-order valence-corrected chi connectivity index (χ2v) is 7.74. The fraction of sp³-hybridized carbons (Fsp3) is 0.440. The predicted octanol–water partition coefficient (Wildman–Crippen LogP) is 4.52. The van der Waals surface area contributed by atoms with E-state index in [4.69, 9.17) is 14.2 Å². The monoisotopic (exact) mass is 396 g/mol. The van der Waals surface area contributed by atoms with Gasteiger partial charge in [-0.1, -0.05) is 73.7 Å². The lowest BCUT2D eigenvalue weighted by Crippen LogP contribution is -2.38. The highest BCUT2D eigenvalue weighted by Gasteiger charge is 2.38. The van der Waals surface area contributed by atoms with Crippen molar-refractivity contribution in [3.63, 3.8) is 0 Å². The molecular formula is C25H32O4. The number of aliphatic hydroxyl groups excluding tert-OH is 1. The summed E-state index contributed by atoms with van der Waals surface area (Å²) in [4.78, 5) is 0. The van der Waals surface area contributed by atoms with Crippen LogP contribution in [0.15, 0.2) is 73.3 Å². The van der Waals surface area contributed by atoms with E-state index in [0.717, 1.165) is 18.4 Å². The number of ether oxygens (including phenoxy) is 3. The fourth-order valence-corrected chi connectivity index (χ4v) is 3.75. The molecule has 0 aromatic heterocycles. The van der Waals surface area contributed by atoms with Crippen LogP contribution in [0, 0.1) is 5.92 Å². The summed E-state index contributed by atoms with van der Waals surface area (Å²) in [7, 11) is 0. The third kappa shape index (κ3) is 6.51. The number of rotatable bonds is 11. The summed E-state index contributed by atoms with van der Waals surface area (Å²) in [5, 5.41) is 10.8. The molecule has 1 heterocycles. The van der Waals surface area contributed by atoms with Crippen LogP contribution < -0.4 is 0 Å². The van der Waals surface area contributed by atoms with E-state index >= 15 is 0 Å². The Bertz CT molecular complexity index is 718. The van der Waals surface area contributed by atoms with Gasteiger partial charge in [0, 0.05) is 6.61 Å². The number of benzene rings is 2. The zero-order valence-corrected chi connectivity index (χ0v) is 17.2. The van der Waals surface area contributed by atoms with E-state index in [0.29, 0.717) is 25.7 Å². The molecule has 1 aliphatic rings. The van der Waals surface area contributed by atoms with Gasteiger partial charge < -0.3 is 19.3 Å². The summed E-state index contributed by atoms with van der Waals surface area (Å²) < 4.78 is 17.9. The van der Waals surface area contributed by atoms with Gasteiger partial charge in [0.25, 0.3) is 0 Å².